The molecule has 0 atom stereocenters. The third-order valence-corrected chi connectivity index (χ3v) is 2.79. The summed E-state index contributed by atoms with van der Waals surface area (Å²) in [6.45, 7) is 1.59. The first kappa shape index (κ1) is 14.8. The zero-order valence-corrected chi connectivity index (χ0v) is 11.5. The number of benzene rings is 2. The fraction of sp³-hybridized carbons (Fsp3) is 0.118. The molecule has 0 saturated carbocycles. The summed E-state index contributed by atoms with van der Waals surface area (Å²) < 4.78 is 18.9. The van der Waals surface area contributed by atoms with Gasteiger partial charge in [-0.05, 0) is 30.7 Å². The van der Waals surface area contributed by atoms with Gasteiger partial charge in [0.25, 0.3) is 0 Å². The zero-order valence-electron chi connectivity index (χ0n) is 11.5. The van der Waals surface area contributed by atoms with Gasteiger partial charge in [-0.1, -0.05) is 30.3 Å². The van der Waals surface area contributed by atoms with E-state index >= 15 is 0 Å². The second-order valence-electron chi connectivity index (χ2n) is 4.55. The number of allylic oxidation sites excluding steroid dienone is 1. The molecule has 0 unspecified atom stereocenters. The molecule has 0 fully saturated rings. The van der Waals surface area contributed by atoms with Crippen LogP contribution in [0.5, 0.6) is 5.75 Å². The fourth-order valence-electron chi connectivity index (χ4n) is 1.83. The van der Waals surface area contributed by atoms with Crippen LogP contribution in [0.4, 0.5) is 4.39 Å². The molecule has 3 nitrogen and oxygen atoms in total. The molecule has 2 aromatic carbocycles. The molecular weight excluding hydrogens is 271 g/mol. The Balaban J connectivity index is 2.25. The van der Waals surface area contributed by atoms with Crippen molar-refractivity contribution in [3.63, 3.8) is 0 Å². The van der Waals surface area contributed by atoms with E-state index in [1.807, 2.05) is 30.3 Å². The van der Waals surface area contributed by atoms with Gasteiger partial charge in [0.1, 0.15) is 23.9 Å². The van der Waals surface area contributed by atoms with Gasteiger partial charge >= 0.3 is 0 Å². The Kier molecular flexibility index (Phi) is 4.72. The molecule has 0 amide bonds. The first-order valence-corrected chi connectivity index (χ1v) is 6.44. The van der Waals surface area contributed by atoms with Crippen LogP contribution in [0.2, 0.25) is 0 Å². The van der Waals surface area contributed by atoms with Gasteiger partial charge in [-0.15, -0.1) is 0 Å². The summed E-state index contributed by atoms with van der Waals surface area (Å²) in [4.78, 5) is 11.0. The molecule has 0 aliphatic heterocycles. The molecule has 0 bridgehead atoms. The molecule has 0 spiro atoms. The third-order valence-electron chi connectivity index (χ3n) is 2.79. The normalized spacial score (nSPS) is 11.2. The van der Waals surface area contributed by atoms with E-state index in [0.717, 1.165) is 17.7 Å². The molecule has 2 aromatic rings. The zero-order chi connectivity index (χ0) is 15.2. The second-order valence-corrected chi connectivity index (χ2v) is 4.55. The topological polar surface area (TPSA) is 46.5 Å². The molecule has 0 heterocycles. The fourth-order valence-corrected chi connectivity index (χ4v) is 1.83. The van der Waals surface area contributed by atoms with E-state index in [1.54, 1.807) is 0 Å². The second kappa shape index (κ2) is 6.70. The average Bonchev–Trinajstić information content (AvgIpc) is 2.46. The number of rotatable bonds is 5. The van der Waals surface area contributed by atoms with Crippen molar-refractivity contribution in [3.05, 3.63) is 71.6 Å². The molecule has 108 valence electrons. The maximum Gasteiger partial charge on any atom is 0.156 e. The number of halogens is 1. The molecule has 1 N–H and O–H groups in total. The van der Waals surface area contributed by atoms with Crippen molar-refractivity contribution in [2.75, 3.05) is 0 Å². The maximum absolute atomic E-state index is 13.3. The van der Waals surface area contributed by atoms with Crippen LogP contribution in [0.3, 0.4) is 0 Å². The molecule has 0 aliphatic rings. The molecule has 21 heavy (non-hydrogen) atoms. The van der Waals surface area contributed by atoms with E-state index in [4.69, 9.17) is 4.74 Å². The van der Waals surface area contributed by atoms with Crippen molar-refractivity contribution < 1.29 is 19.0 Å². The van der Waals surface area contributed by atoms with Gasteiger partial charge in [-0.2, -0.15) is 0 Å². The highest BCUT2D eigenvalue weighted by Gasteiger charge is 2.11. The highest BCUT2D eigenvalue weighted by Crippen LogP contribution is 2.26. The summed E-state index contributed by atoms with van der Waals surface area (Å²) in [6, 6.07) is 13.3. The maximum atomic E-state index is 13.3. The molecule has 0 aromatic heterocycles. The highest BCUT2D eigenvalue weighted by atomic mass is 19.1. The molecule has 2 rings (SSSR count). The van der Waals surface area contributed by atoms with Crippen LogP contribution in [0.25, 0.3) is 5.76 Å². The van der Waals surface area contributed by atoms with Gasteiger partial charge < -0.3 is 9.84 Å². The minimum Gasteiger partial charge on any atom is -0.507 e. The van der Waals surface area contributed by atoms with Crippen molar-refractivity contribution in [1.29, 1.82) is 0 Å². The first-order valence-electron chi connectivity index (χ1n) is 6.44. The van der Waals surface area contributed by atoms with Gasteiger partial charge in [0.05, 0.1) is 5.56 Å². The number of ketones is 1. The predicted octanol–water partition coefficient (Wildman–Crippen LogP) is 3.89. The van der Waals surface area contributed by atoms with E-state index in [-0.39, 0.29) is 23.7 Å². The summed E-state index contributed by atoms with van der Waals surface area (Å²) in [5.41, 5.74) is 1.10. The van der Waals surface area contributed by atoms with Gasteiger partial charge in [-0.3, -0.25) is 4.79 Å². The first-order chi connectivity index (χ1) is 10.1. The predicted molar refractivity (Wildman–Crippen MR) is 78.5 cm³/mol. The Labute approximate surface area is 122 Å². The van der Waals surface area contributed by atoms with Gasteiger partial charge in [0.2, 0.25) is 0 Å². The molecule has 0 saturated heterocycles. The lowest BCUT2D eigenvalue weighted by molar-refractivity contribution is -0.112. The van der Waals surface area contributed by atoms with Crippen LogP contribution in [0, 0.1) is 5.82 Å². The average molecular weight is 286 g/mol. The number of hydrogen-bond acceptors (Lipinski definition) is 3. The van der Waals surface area contributed by atoms with Gasteiger partial charge in [0, 0.05) is 6.08 Å². The Bertz CT molecular complexity index is 663. The number of carbonyl (C=O) groups is 1. The summed E-state index contributed by atoms with van der Waals surface area (Å²) in [7, 11) is 0. The van der Waals surface area contributed by atoms with Crippen LogP contribution in [-0.2, 0) is 11.4 Å². The third kappa shape index (κ3) is 4.18. The summed E-state index contributed by atoms with van der Waals surface area (Å²) in [5.74, 6) is -0.841. The lowest BCUT2D eigenvalue weighted by atomic mass is 10.1. The molecule has 0 aliphatic carbocycles. The SMILES string of the molecule is CC(=O)C=C(O)c1cc(F)ccc1OCc1ccccc1. The minimum absolute atomic E-state index is 0.154. The van der Waals surface area contributed by atoms with Crippen LogP contribution in [0.1, 0.15) is 18.1 Å². The van der Waals surface area contributed by atoms with Crippen LogP contribution in [-0.4, -0.2) is 10.9 Å². The van der Waals surface area contributed by atoms with Crippen molar-refractivity contribution in [1.82, 2.24) is 0 Å². The number of hydrogen-bond donors (Lipinski definition) is 1. The molecular formula is C17H15FO3. The number of aliphatic hydroxyl groups excluding tert-OH is 1. The number of carbonyl (C=O) groups excluding carboxylic acids is 1. The van der Waals surface area contributed by atoms with Crippen molar-refractivity contribution >= 4 is 11.5 Å². The van der Waals surface area contributed by atoms with Gasteiger partial charge in [0.15, 0.2) is 5.78 Å². The van der Waals surface area contributed by atoms with E-state index in [1.165, 1.54) is 19.1 Å². The van der Waals surface area contributed by atoms with E-state index < -0.39 is 5.82 Å². The summed E-state index contributed by atoms with van der Waals surface area (Å²) in [5, 5.41) is 9.89. The molecule has 0 radical (unpaired) electrons. The Morgan fingerprint density at radius 3 is 2.62 bits per heavy atom. The molecule has 4 heteroatoms. The van der Waals surface area contributed by atoms with E-state index in [9.17, 15) is 14.3 Å². The number of ether oxygens (including phenoxy) is 1. The number of aliphatic hydroxyl groups is 1. The van der Waals surface area contributed by atoms with Crippen molar-refractivity contribution in [2.24, 2.45) is 0 Å². The summed E-state index contributed by atoms with van der Waals surface area (Å²) in [6.07, 6.45) is 1.03. The van der Waals surface area contributed by atoms with E-state index in [0.29, 0.717) is 5.75 Å². The van der Waals surface area contributed by atoms with Crippen molar-refractivity contribution in [3.8, 4) is 5.75 Å². The Morgan fingerprint density at radius 1 is 1.24 bits per heavy atom. The smallest absolute Gasteiger partial charge is 0.156 e. The summed E-state index contributed by atoms with van der Waals surface area (Å²) >= 11 is 0. The lowest BCUT2D eigenvalue weighted by Crippen LogP contribution is -1.99. The monoisotopic (exact) mass is 286 g/mol. The highest BCUT2D eigenvalue weighted by molar-refractivity contribution is 5.94. The Hall–Kier alpha value is -2.62. The van der Waals surface area contributed by atoms with Gasteiger partial charge in [-0.25, -0.2) is 4.39 Å². The minimum atomic E-state index is -0.513. The lowest BCUT2D eigenvalue weighted by Gasteiger charge is -2.11. The van der Waals surface area contributed by atoms with Crippen LogP contribution in [0.15, 0.2) is 54.6 Å². The van der Waals surface area contributed by atoms with Crippen LogP contribution >= 0.6 is 0 Å². The van der Waals surface area contributed by atoms with Crippen LogP contribution < -0.4 is 4.74 Å². The quantitative estimate of drug-likeness (QED) is 0.670. The standard InChI is InChI=1S/C17H15FO3/c1-12(19)9-16(20)15-10-14(18)7-8-17(15)21-11-13-5-3-2-4-6-13/h2-10,20H,11H2,1H3. The Morgan fingerprint density at radius 2 is 1.95 bits per heavy atom. The van der Waals surface area contributed by atoms with E-state index in [2.05, 4.69) is 0 Å². The largest absolute Gasteiger partial charge is 0.507 e. The van der Waals surface area contributed by atoms with Crippen molar-refractivity contribution in [2.45, 2.75) is 13.5 Å².